The number of nitrogens with zero attached hydrogens (tertiary/aromatic N) is 6. The molecule has 4 aromatic rings. The molecule has 0 aliphatic carbocycles. The number of ether oxygens (including phenoxy) is 3. The second-order valence-electron chi connectivity index (χ2n) is 12.0. The van der Waals surface area contributed by atoms with E-state index in [-0.39, 0.29) is 30.8 Å². The number of likely N-dealkylation sites (N-methyl/N-ethyl adjacent to an activating group) is 1. The van der Waals surface area contributed by atoms with Gasteiger partial charge in [-0.15, -0.1) is 0 Å². The average molecular weight is 650 g/mol. The first-order chi connectivity index (χ1) is 23.4. The van der Waals surface area contributed by atoms with Crippen LogP contribution in [0.4, 0.5) is 16.3 Å². The number of methoxy groups -OCH3 is 1. The Balaban J connectivity index is 1.24. The number of carbonyl (C=O) groups is 2. The first-order valence-electron chi connectivity index (χ1n) is 16.1. The molecule has 2 aliphatic heterocycles. The van der Waals surface area contributed by atoms with Gasteiger partial charge in [0.05, 0.1) is 31.3 Å². The van der Waals surface area contributed by atoms with Crippen LogP contribution in [-0.4, -0.2) is 90.8 Å². The number of piperazine rings is 1. The second kappa shape index (κ2) is 15.0. The molecule has 12 nitrogen and oxygen atoms in total. The standard InChI is InChI=1S/C36H39N7O5/c1-41-16-8-12-28(41)24-47-35-39-32(34(44)38-31-20-29(46-2)19-26-11-6-7-13-30(26)31)21-33(40-35)42-17-18-43(27(22-42)14-15-37)36(45)48-23-25-9-4-3-5-10-25/h3-7,9-11,13,19-21,27-28H,8,12,14,16-18,22-24H2,1-2H3,(H,38,44)/t27-,28+/m0/s1. The molecule has 3 aromatic carbocycles. The number of anilines is 2. The number of hydrogen-bond donors (Lipinski definition) is 1. The monoisotopic (exact) mass is 649 g/mol. The number of carbonyl (C=O) groups excluding carboxylic acids is 2. The van der Waals surface area contributed by atoms with Gasteiger partial charge in [0.25, 0.3) is 5.91 Å². The lowest BCUT2D eigenvalue weighted by atomic mass is 10.1. The molecule has 2 atom stereocenters. The molecule has 2 saturated heterocycles. The largest absolute Gasteiger partial charge is 0.497 e. The van der Waals surface area contributed by atoms with Gasteiger partial charge in [0.1, 0.15) is 30.5 Å². The minimum absolute atomic E-state index is 0.0926. The van der Waals surface area contributed by atoms with Crippen LogP contribution in [0.3, 0.4) is 0 Å². The molecular formula is C36H39N7O5. The van der Waals surface area contributed by atoms with Crippen molar-refractivity contribution in [2.24, 2.45) is 0 Å². The van der Waals surface area contributed by atoms with Gasteiger partial charge in [-0.1, -0.05) is 54.6 Å². The Morgan fingerprint density at radius 2 is 1.81 bits per heavy atom. The number of hydrogen-bond acceptors (Lipinski definition) is 10. The average Bonchev–Trinajstić information content (AvgIpc) is 3.54. The van der Waals surface area contributed by atoms with E-state index in [9.17, 15) is 14.9 Å². The Kier molecular flexibility index (Phi) is 10.2. The van der Waals surface area contributed by atoms with Crippen molar-refractivity contribution in [1.82, 2.24) is 19.8 Å². The lowest BCUT2D eigenvalue weighted by Crippen LogP contribution is -2.55. The van der Waals surface area contributed by atoms with Gasteiger partial charge in [0, 0.05) is 43.2 Å². The summed E-state index contributed by atoms with van der Waals surface area (Å²) in [5.74, 6) is 0.651. The molecule has 2 amide bonds. The highest BCUT2D eigenvalue weighted by molar-refractivity contribution is 6.09. The van der Waals surface area contributed by atoms with E-state index in [1.54, 1.807) is 24.1 Å². The zero-order chi connectivity index (χ0) is 33.5. The molecule has 1 N–H and O–H groups in total. The molecule has 0 spiro atoms. The normalized spacial score (nSPS) is 17.9. The maximum absolute atomic E-state index is 13.8. The van der Waals surface area contributed by atoms with Gasteiger partial charge in [-0.3, -0.25) is 4.79 Å². The fourth-order valence-electron chi connectivity index (χ4n) is 6.19. The molecule has 3 heterocycles. The number of nitrogens with one attached hydrogen (secondary N) is 1. The summed E-state index contributed by atoms with van der Waals surface area (Å²) < 4.78 is 17.2. The SMILES string of the molecule is COc1cc(NC(=O)c2cc(N3CCN(C(=O)OCc4ccccc4)[C@@H](CC#N)C3)nc(OC[C@H]3CCCN3C)n2)c2ccccc2c1. The van der Waals surface area contributed by atoms with E-state index >= 15 is 0 Å². The fraction of sp³-hybridized carbons (Fsp3) is 0.361. The number of fused-ring (bicyclic) bond motifs is 1. The summed E-state index contributed by atoms with van der Waals surface area (Å²) in [7, 11) is 3.65. The van der Waals surface area contributed by atoms with Crippen LogP contribution < -0.4 is 19.7 Å². The molecule has 48 heavy (non-hydrogen) atoms. The molecule has 1 aromatic heterocycles. The Morgan fingerprint density at radius 3 is 2.58 bits per heavy atom. The second-order valence-corrected chi connectivity index (χ2v) is 12.0. The van der Waals surface area contributed by atoms with Crippen LogP contribution in [0.1, 0.15) is 35.3 Å². The lowest BCUT2D eigenvalue weighted by Gasteiger charge is -2.40. The third-order valence-electron chi connectivity index (χ3n) is 8.89. The third kappa shape index (κ3) is 7.58. The van der Waals surface area contributed by atoms with Crippen LogP contribution in [0.5, 0.6) is 11.8 Å². The van der Waals surface area contributed by atoms with Crippen molar-refractivity contribution in [2.45, 2.75) is 38.0 Å². The highest BCUT2D eigenvalue weighted by Crippen LogP contribution is 2.30. The number of nitriles is 1. The number of rotatable bonds is 10. The van der Waals surface area contributed by atoms with Gasteiger partial charge >= 0.3 is 12.1 Å². The molecule has 12 heteroatoms. The van der Waals surface area contributed by atoms with Gasteiger partial charge in [-0.2, -0.15) is 15.2 Å². The summed E-state index contributed by atoms with van der Waals surface area (Å²) in [5, 5.41) is 14.4. The molecule has 0 bridgehead atoms. The Morgan fingerprint density at radius 1 is 1.00 bits per heavy atom. The van der Waals surface area contributed by atoms with Crippen molar-refractivity contribution in [1.29, 1.82) is 5.26 Å². The van der Waals surface area contributed by atoms with E-state index in [0.29, 0.717) is 43.5 Å². The Hall–Kier alpha value is -5.41. The van der Waals surface area contributed by atoms with Crippen LogP contribution in [0.25, 0.3) is 10.8 Å². The smallest absolute Gasteiger partial charge is 0.410 e. The van der Waals surface area contributed by atoms with Gasteiger partial charge in [-0.25, -0.2) is 4.79 Å². The van der Waals surface area contributed by atoms with Crippen molar-refractivity contribution in [2.75, 3.05) is 57.2 Å². The van der Waals surface area contributed by atoms with E-state index < -0.39 is 18.0 Å². The highest BCUT2D eigenvalue weighted by atomic mass is 16.6. The van der Waals surface area contributed by atoms with E-state index in [2.05, 4.69) is 28.3 Å². The fourth-order valence-corrected chi connectivity index (χ4v) is 6.19. The summed E-state index contributed by atoms with van der Waals surface area (Å²) in [6.45, 7) is 2.56. The third-order valence-corrected chi connectivity index (χ3v) is 8.89. The minimum Gasteiger partial charge on any atom is -0.497 e. The minimum atomic E-state index is -0.475. The molecule has 248 valence electrons. The van der Waals surface area contributed by atoms with Crippen LogP contribution in [0.15, 0.2) is 72.8 Å². The van der Waals surface area contributed by atoms with Crippen LogP contribution in [0, 0.1) is 11.3 Å². The molecule has 0 unspecified atom stereocenters. The van der Waals surface area contributed by atoms with Crippen molar-refractivity contribution in [3.05, 3.63) is 84.1 Å². The number of benzene rings is 3. The predicted octanol–water partition coefficient (Wildman–Crippen LogP) is 5.10. The van der Waals surface area contributed by atoms with Crippen molar-refractivity contribution >= 4 is 34.3 Å². The topological polar surface area (TPSA) is 133 Å². The predicted molar refractivity (Wildman–Crippen MR) is 181 cm³/mol. The molecule has 2 fully saturated rings. The summed E-state index contributed by atoms with van der Waals surface area (Å²) in [6, 6.07) is 24.6. The number of amides is 2. The summed E-state index contributed by atoms with van der Waals surface area (Å²) in [5.41, 5.74) is 1.59. The zero-order valence-corrected chi connectivity index (χ0v) is 27.2. The first kappa shape index (κ1) is 32.5. The molecule has 0 radical (unpaired) electrons. The Bertz CT molecular complexity index is 1800. The lowest BCUT2D eigenvalue weighted by molar-refractivity contribution is 0.0767. The summed E-state index contributed by atoms with van der Waals surface area (Å²) in [6.07, 6.45) is 1.73. The molecule has 0 saturated carbocycles. The maximum atomic E-state index is 13.8. The highest BCUT2D eigenvalue weighted by Gasteiger charge is 2.33. The number of aromatic nitrogens is 2. The van der Waals surface area contributed by atoms with E-state index in [1.807, 2.05) is 65.6 Å². The van der Waals surface area contributed by atoms with Gasteiger partial charge in [0.15, 0.2) is 0 Å². The van der Waals surface area contributed by atoms with E-state index in [1.165, 1.54) is 0 Å². The maximum Gasteiger partial charge on any atom is 0.410 e. The van der Waals surface area contributed by atoms with Crippen molar-refractivity contribution < 1.29 is 23.8 Å². The van der Waals surface area contributed by atoms with Crippen molar-refractivity contribution in [3.63, 3.8) is 0 Å². The van der Waals surface area contributed by atoms with Gasteiger partial charge < -0.3 is 34.2 Å². The number of likely N-dealkylation sites (tertiary alicyclic amines) is 1. The van der Waals surface area contributed by atoms with Crippen LogP contribution >= 0.6 is 0 Å². The van der Waals surface area contributed by atoms with Gasteiger partial charge in [-0.05, 0) is 43.5 Å². The quantitative estimate of drug-likeness (QED) is 0.247. The van der Waals surface area contributed by atoms with Crippen LogP contribution in [-0.2, 0) is 11.3 Å². The van der Waals surface area contributed by atoms with E-state index in [0.717, 1.165) is 35.7 Å². The molecular weight excluding hydrogens is 610 g/mol. The van der Waals surface area contributed by atoms with Crippen LogP contribution in [0.2, 0.25) is 0 Å². The van der Waals surface area contributed by atoms with Gasteiger partial charge in [0.2, 0.25) is 0 Å². The zero-order valence-electron chi connectivity index (χ0n) is 27.2. The van der Waals surface area contributed by atoms with Crippen molar-refractivity contribution in [3.8, 4) is 17.8 Å². The van der Waals surface area contributed by atoms with E-state index in [4.69, 9.17) is 19.2 Å². The first-order valence-corrected chi connectivity index (χ1v) is 16.1. The summed E-state index contributed by atoms with van der Waals surface area (Å²) in [4.78, 5) is 42.0. The molecule has 2 aliphatic rings. The summed E-state index contributed by atoms with van der Waals surface area (Å²) >= 11 is 0. The Labute approximate surface area is 279 Å². The molecule has 6 rings (SSSR count).